The third kappa shape index (κ3) is 3.28. The lowest BCUT2D eigenvalue weighted by Gasteiger charge is -2.14. The molecule has 0 aromatic heterocycles. The smallest absolute Gasteiger partial charge is 0.158 e. The highest BCUT2D eigenvalue weighted by Gasteiger charge is 2.11. The summed E-state index contributed by atoms with van der Waals surface area (Å²) in [5.74, 6) is 1.77. The molecule has 2 aliphatic rings. The lowest BCUT2D eigenvalue weighted by Crippen LogP contribution is -2.08. The van der Waals surface area contributed by atoms with Crippen LogP contribution in [0.2, 0.25) is 5.02 Å². The van der Waals surface area contributed by atoms with Gasteiger partial charge in [-0.3, -0.25) is 3.96 Å². The summed E-state index contributed by atoms with van der Waals surface area (Å²) in [7, 11) is 3.73. The molecule has 0 fully saturated rings. The van der Waals surface area contributed by atoms with E-state index in [-0.39, 0.29) is 0 Å². The second kappa shape index (κ2) is 7.02. The number of aromatic nitrogens is 3. The van der Waals surface area contributed by atoms with E-state index in [1.54, 1.807) is 18.6 Å². The number of rotatable bonds is 3. The minimum absolute atomic E-state index is 0.692. The Balaban J connectivity index is 1.88. The molecule has 4 nitrogen and oxygen atoms in total. The number of aryl methyl sites for hydroxylation is 1. The van der Waals surface area contributed by atoms with Gasteiger partial charge in [0.15, 0.2) is 5.82 Å². The molecule has 2 heterocycles. The van der Waals surface area contributed by atoms with Crippen LogP contribution in [-0.4, -0.2) is 20.6 Å². The summed E-state index contributed by atoms with van der Waals surface area (Å²) in [6.45, 7) is 0.727. The number of fused-ring (bicyclic) bond motifs is 2. The van der Waals surface area contributed by atoms with Crippen molar-refractivity contribution in [3.8, 4) is 17.3 Å². The lowest BCUT2D eigenvalue weighted by atomic mass is 10.2. The van der Waals surface area contributed by atoms with Gasteiger partial charge in [-0.05, 0) is 48.0 Å². The van der Waals surface area contributed by atoms with Crippen LogP contribution in [0.15, 0.2) is 60.8 Å². The van der Waals surface area contributed by atoms with Crippen molar-refractivity contribution in [1.29, 1.82) is 0 Å². The van der Waals surface area contributed by atoms with Gasteiger partial charge in [0.2, 0.25) is 0 Å². The first-order valence-corrected chi connectivity index (χ1v) is 9.37. The van der Waals surface area contributed by atoms with Crippen LogP contribution < -0.4 is 4.74 Å². The van der Waals surface area contributed by atoms with Crippen molar-refractivity contribution in [1.82, 2.24) is 13.5 Å². The summed E-state index contributed by atoms with van der Waals surface area (Å²) in [6.07, 6.45) is 2.06. The molecule has 0 radical (unpaired) electrons. The monoisotopic (exact) mass is 383 g/mol. The number of halogens is 1. The predicted octanol–water partition coefficient (Wildman–Crippen LogP) is 5.38. The fourth-order valence-electron chi connectivity index (χ4n) is 2.92. The van der Waals surface area contributed by atoms with Crippen molar-refractivity contribution >= 4 is 33.4 Å². The highest BCUT2D eigenvalue weighted by Crippen LogP contribution is 2.27. The standard InChI is InChI=1S/C20H18ClN3OS/c1-23-18-4-3-11-24(13-14-5-8-16(25-2)9-6-14)20(18)22-17-12-15(21)7-10-19(17)26-23/h3-12H,13H2,1-2H3. The second-order valence-electron chi connectivity index (χ2n) is 6.01. The molecule has 0 unspecified atom stereocenters. The zero-order valence-corrected chi connectivity index (χ0v) is 16.1. The van der Waals surface area contributed by atoms with Gasteiger partial charge in [-0.1, -0.05) is 35.3 Å². The zero-order chi connectivity index (χ0) is 18.1. The number of nitrogens with zero attached hydrogens (tertiary/aromatic N) is 3. The molecule has 0 atom stereocenters. The Labute approximate surface area is 161 Å². The average molecular weight is 384 g/mol. The van der Waals surface area contributed by atoms with Gasteiger partial charge in [0.1, 0.15) is 5.75 Å². The van der Waals surface area contributed by atoms with Crippen LogP contribution in [-0.2, 0) is 13.6 Å². The molecule has 2 aromatic rings. The van der Waals surface area contributed by atoms with Gasteiger partial charge in [0, 0.05) is 24.8 Å². The molecular weight excluding hydrogens is 366 g/mol. The maximum atomic E-state index is 6.19. The first-order chi connectivity index (χ1) is 12.6. The van der Waals surface area contributed by atoms with Gasteiger partial charge < -0.3 is 9.30 Å². The van der Waals surface area contributed by atoms with Crippen LogP contribution in [0, 0.1) is 0 Å². The third-order valence-corrected chi connectivity index (χ3v) is 5.50. The number of benzene rings is 2. The minimum Gasteiger partial charge on any atom is -0.497 e. The molecule has 0 N–H and O–H groups in total. The number of methoxy groups -OCH3 is 1. The zero-order valence-electron chi connectivity index (χ0n) is 14.5. The predicted molar refractivity (Wildman–Crippen MR) is 108 cm³/mol. The normalized spacial score (nSPS) is 11.0. The van der Waals surface area contributed by atoms with Crippen molar-refractivity contribution in [3.63, 3.8) is 0 Å². The second-order valence-corrected chi connectivity index (χ2v) is 7.61. The Morgan fingerprint density at radius 3 is 2.69 bits per heavy atom. The molecule has 0 saturated heterocycles. The van der Waals surface area contributed by atoms with E-state index in [0.717, 1.165) is 34.0 Å². The Morgan fingerprint density at radius 2 is 1.92 bits per heavy atom. The molecule has 132 valence electrons. The summed E-state index contributed by atoms with van der Waals surface area (Å²) in [5, 5.41) is 0.692. The van der Waals surface area contributed by atoms with Gasteiger partial charge >= 0.3 is 0 Å². The summed E-state index contributed by atoms with van der Waals surface area (Å²) in [4.78, 5) is 4.94. The Morgan fingerprint density at radius 1 is 1.12 bits per heavy atom. The first kappa shape index (κ1) is 16.9. The van der Waals surface area contributed by atoms with Gasteiger partial charge in [-0.15, -0.1) is 0 Å². The molecule has 0 saturated carbocycles. The van der Waals surface area contributed by atoms with Crippen LogP contribution in [0.1, 0.15) is 5.56 Å². The van der Waals surface area contributed by atoms with Crippen LogP contribution in [0.4, 0.5) is 0 Å². The van der Waals surface area contributed by atoms with E-state index in [2.05, 4.69) is 46.0 Å². The quantitative estimate of drug-likeness (QED) is 0.476. The highest BCUT2D eigenvalue weighted by atomic mass is 35.5. The van der Waals surface area contributed by atoms with Crippen molar-refractivity contribution in [2.45, 2.75) is 6.54 Å². The molecule has 2 aromatic carbocycles. The molecule has 6 heteroatoms. The Kier molecular flexibility index (Phi) is 4.57. The number of ether oxygens (including phenoxy) is 1. The first-order valence-electron chi connectivity index (χ1n) is 8.22. The van der Waals surface area contributed by atoms with Gasteiger partial charge in [0.05, 0.1) is 23.0 Å². The van der Waals surface area contributed by atoms with E-state index in [1.165, 1.54) is 5.56 Å². The van der Waals surface area contributed by atoms with Gasteiger partial charge in [-0.2, -0.15) is 0 Å². The minimum atomic E-state index is 0.692. The van der Waals surface area contributed by atoms with Crippen LogP contribution in [0.3, 0.4) is 0 Å². The van der Waals surface area contributed by atoms with Crippen molar-refractivity contribution in [3.05, 3.63) is 71.4 Å². The largest absolute Gasteiger partial charge is 0.497 e. The van der Waals surface area contributed by atoms with E-state index in [0.29, 0.717) is 5.02 Å². The third-order valence-electron chi connectivity index (χ3n) is 4.26. The van der Waals surface area contributed by atoms with E-state index in [9.17, 15) is 0 Å². The molecule has 26 heavy (non-hydrogen) atoms. The number of hydrogen-bond donors (Lipinski definition) is 0. The SMILES string of the molecule is COc1ccc(Cn2cccc3n(C)sc4ccc(Cl)cc4nc2-3)cc1. The molecule has 4 rings (SSSR count). The van der Waals surface area contributed by atoms with Gasteiger partial charge in [-0.25, -0.2) is 4.98 Å². The average Bonchev–Trinajstić information content (AvgIpc) is 2.79. The summed E-state index contributed by atoms with van der Waals surface area (Å²) < 4.78 is 10.6. The number of pyridine rings is 1. The molecule has 0 aliphatic carbocycles. The fourth-order valence-corrected chi connectivity index (χ4v) is 3.95. The molecule has 0 spiro atoms. The maximum absolute atomic E-state index is 6.19. The molecule has 0 amide bonds. The molecular formula is C20H18ClN3OS. The summed E-state index contributed by atoms with van der Waals surface area (Å²) in [5.41, 5.74) is 3.14. The summed E-state index contributed by atoms with van der Waals surface area (Å²) in [6, 6.07) is 18.1. The van der Waals surface area contributed by atoms with Crippen LogP contribution in [0.25, 0.3) is 21.7 Å². The Bertz CT molecular complexity index is 1080. The lowest BCUT2D eigenvalue weighted by molar-refractivity contribution is 0.414. The van der Waals surface area contributed by atoms with E-state index in [1.807, 2.05) is 30.3 Å². The van der Waals surface area contributed by atoms with Gasteiger partial charge in [0.25, 0.3) is 0 Å². The van der Waals surface area contributed by atoms with Crippen molar-refractivity contribution in [2.75, 3.05) is 7.11 Å². The van der Waals surface area contributed by atoms with Crippen molar-refractivity contribution < 1.29 is 4.74 Å². The fraction of sp³-hybridized carbons (Fsp3) is 0.150. The number of hydrogen-bond acceptors (Lipinski definition) is 3. The van der Waals surface area contributed by atoms with E-state index in [4.69, 9.17) is 21.3 Å². The van der Waals surface area contributed by atoms with Crippen LogP contribution >= 0.6 is 23.1 Å². The Hall–Kier alpha value is -2.50. The summed E-state index contributed by atoms with van der Waals surface area (Å²) >= 11 is 7.85. The highest BCUT2D eigenvalue weighted by molar-refractivity contribution is 7.13. The van der Waals surface area contributed by atoms with E-state index >= 15 is 0 Å². The topological polar surface area (TPSA) is 32.0 Å². The van der Waals surface area contributed by atoms with Crippen molar-refractivity contribution in [2.24, 2.45) is 7.05 Å². The molecule has 2 aliphatic heterocycles. The van der Waals surface area contributed by atoms with Crippen LogP contribution in [0.5, 0.6) is 5.75 Å². The molecule has 0 bridgehead atoms. The maximum Gasteiger partial charge on any atom is 0.158 e. The van der Waals surface area contributed by atoms with E-state index < -0.39 is 0 Å².